The smallest absolute Gasteiger partial charge is 0.115 e. The zero-order chi connectivity index (χ0) is 13.0. The molecule has 0 bridgehead atoms. The van der Waals surface area contributed by atoms with Crippen molar-refractivity contribution >= 4 is 0 Å². The molecule has 2 atom stereocenters. The van der Waals surface area contributed by atoms with Crippen LogP contribution in [0.4, 0.5) is 0 Å². The lowest BCUT2D eigenvalue weighted by atomic mass is 9.90. The first-order valence-corrected chi connectivity index (χ1v) is 6.96. The molecule has 1 aromatic rings. The van der Waals surface area contributed by atoms with E-state index in [0.29, 0.717) is 17.7 Å². The van der Waals surface area contributed by atoms with Crippen LogP contribution in [0.25, 0.3) is 0 Å². The van der Waals surface area contributed by atoms with E-state index in [9.17, 15) is 5.11 Å². The molecule has 3 nitrogen and oxygen atoms in total. The van der Waals surface area contributed by atoms with Gasteiger partial charge in [-0.15, -0.1) is 0 Å². The van der Waals surface area contributed by atoms with Crippen molar-refractivity contribution in [2.75, 3.05) is 26.2 Å². The molecule has 0 aromatic heterocycles. The van der Waals surface area contributed by atoms with Crippen molar-refractivity contribution < 1.29 is 5.11 Å². The van der Waals surface area contributed by atoms with Crippen LogP contribution < -0.4 is 5.32 Å². The van der Waals surface area contributed by atoms with Gasteiger partial charge in [0.05, 0.1) is 0 Å². The first-order valence-electron chi connectivity index (χ1n) is 6.96. The minimum atomic E-state index is 0.349. The quantitative estimate of drug-likeness (QED) is 0.859. The largest absolute Gasteiger partial charge is 0.508 e. The number of nitrogens with one attached hydrogen (secondary N) is 1. The average Bonchev–Trinajstić information content (AvgIpc) is 2.42. The summed E-state index contributed by atoms with van der Waals surface area (Å²) in [5, 5.41) is 12.8. The van der Waals surface area contributed by atoms with Gasteiger partial charge in [0.2, 0.25) is 0 Å². The van der Waals surface area contributed by atoms with Crippen molar-refractivity contribution in [3.05, 3.63) is 29.8 Å². The molecule has 1 heterocycles. The molecule has 3 heteroatoms. The molecule has 100 valence electrons. The fourth-order valence-electron chi connectivity index (χ4n) is 2.75. The van der Waals surface area contributed by atoms with Crippen molar-refractivity contribution in [2.45, 2.75) is 26.3 Å². The second-order valence-corrected chi connectivity index (χ2v) is 5.21. The van der Waals surface area contributed by atoms with Crippen molar-refractivity contribution in [3.8, 4) is 5.75 Å². The molecule has 0 spiro atoms. The van der Waals surface area contributed by atoms with E-state index in [1.165, 1.54) is 12.0 Å². The van der Waals surface area contributed by atoms with E-state index >= 15 is 0 Å². The lowest BCUT2D eigenvalue weighted by Crippen LogP contribution is -2.46. The molecule has 1 saturated heterocycles. The third-order valence-electron chi connectivity index (χ3n) is 3.96. The fourth-order valence-corrected chi connectivity index (χ4v) is 2.75. The molecule has 0 aliphatic carbocycles. The molecule has 1 aliphatic heterocycles. The van der Waals surface area contributed by atoms with Gasteiger partial charge >= 0.3 is 0 Å². The second-order valence-electron chi connectivity index (χ2n) is 5.21. The summed E-state index contributed by atoms with van der Waals surface area (Å²) in [5.41, 5.74) is 1.32. The van der Waals surface area contributed by atoms with E-state index < -0.39 is 0 Å². The molecular formula is C15H24N2O. The van der Waals surface area contributed by atoms with E-state index in [4.69, 9.17) is 0 Å². The molecule has 1 aromatic carbocycles. The lowest BCUT2D eigenvalue weighted by molar-refractivity contribution is 0.128. The van der Waals surface area contributed by atoms with Gasteiger partial charge in [0.15, 0.2) is 0 Å². The number of phenols is 1. The Morgan fingerprint density at radius 3 is 2.39 bits per heavy atom. The third kappa shape index (κ3) is 3.03. The molecule has 0 saturated carbocycles. The van der Waals surface area contributed by atoms with Gasteiger partial charge in [0.25, 0.3) is 0 Å². The number of hydrogen-bond acceptors (Lipinski definition) is 3. The molecule has 0 radical (unpaired) electrons. The van der Waals surface area contributed by atoms with Crippen molar-refractivity contribution in [1.82, 2.24) is 10.2 Å². The second kappa shape index (κ2) is 6.21. The summed E-state index contributed by atoms with van der Waals surface area (Å²) in [7, 11) is 0. The van der Waals surface area contributed by atoms with Crippen LogP contribution in [0.3, 0.4) is 0 Å². The number of piperazine rings is 1. The Labute approximate surface area is 110 Å². The van der Waals surface area contributed by atoms with E-state index in [0.717, 1.165) is 26.2 Å². The summed E-state index contributed by atoms with van der Waals surface area (Å²) >= 11 is 0. The number of benzene rings is 1. The minimum absolute atomic E-state index is 0.349. The van der Waals surface area contributed by atoms with Crippen LogP contribution in [0.2, 0.25) is 0 Å². The Morgan fingerprint density at radius 2 is 1.83 bits per heavy atom. The topological polar surface area (TPSA) is 35.5 Å². The highest BCUT2D eigenvalue weighted by Crippen LogP contribution is 2.31. The average molecular weight is 248 g/mol. The lowest BCUT2D eigenvalue weighted by Gasteiger charge is -2.38. The van der Waals surface area contributed by atoms with E-state index in [1.807, 2.05) is 0 Å². The number of nitrogens with zero attached hydrogens (tertiary/aromatic N) is 1. The standard InChI is InChI=1S/C15H24N2O/c1-3-12(2)15(17-10-8-16-9-11-17)13-4-6-14(18)7-5-13/h4-7,12,15-16,18H,3,8-11H2,1-2H3/t12?,15-/m1/s1. The first-order chi connectivity index (χ1) is 8.72. The SMILES string of the molecule is CCC(C)[C@H](c1ccc(O)cc1)N1CCNCC1. The van der Waals surface area contributed by atoms with Gasteiger partial charge in [-0.2, -0.15) is 0 Å². The van der Waals surface area contributed by atoms with Crippen molar-refractivity contribution in [2.24, 2.45) is 5.92 Å². The monoisotopic (exact) mass is 248 g/mol. The van der Waals surface area contributed by atoms with Crippen LogP contribution in [0, 0.1) is 5.92 Å². The number of hydrogen-bond donors (Lipinski definition) is 2. The van der Waals surface area contributed by atoms with Gasteiger partial charge in [0.1, 0.15) is 5.75 Å². The number of phenolic OH excluding ortho intramolecular Hbond substituents is 1. The first kappa shape index (κ1) is 13.4. The van der Waals surface area contributed by atoms with Crippen LogP contribution in [0.15, 0.2) is 24.3 Å². The predicted octanol–water partition coefficient (Wildman–Crippen LogP) is 2.38. The number of aromatic hydroxyl groups is 1. The van der Waals surface area contributed by atoms with Gasteiger partial charge in [-0.1, -0.05) is 32.4 Å². The summed E-state index contributed by atoms with van der Waals surface area (Å²) in [6.07, 6.45) is 1.18. The van der Waals surface area contributed by atoms with Gasteiger partial charge in [-0.25, -0.2) is 0 Å². The Hall–Kier alpha value is -1.06. The summed E-state index contributed by atoms with van der Waals surface area (Å²) in [5.74, 6) is 0.981. The van der Waals surface area contributed by atoms with Crippen molar-refractivity contribution in [1.29, 1.82) is 0 Å². The van der Waals surface area contributed by atoms with Crippen LogP contribution in [-0.2, 0) is 0 Å². The molecule has 0 amide bonds. The highest BCUT2D eigenvalue weighted by molar-refractivity contribution is 5.28. The maximum absolute atomic E-state index is 9.42. The zero-order valence-electron chi connectivity index (χ0n) is 11.4. The zero-order valence-corrected chi connectivity index (χ0v) is 11.4. The van der Waals surface area contributed by atoms with Crippen LogP contribution in [0.5, 0.6) is 5.75 Å². The maximum Gasteiger partial charge on any atom is 0.115 e. The molecular weight excluding hydrogens is 224 g/mol. The third-order valence-corrected chi connectivity index (χ3v) is 3.96. The summed E-state index contributed by atoms with van der Waals surface area (Å²) in [6, 6.07) is 8.19. The summed E-state index contributed by atoms with van der Waals surface area (Å²) < 4.78 is 0. The number of rotatable bonds is 4. The Kier molecular flexibility index (Phi) is 4.61. The van der Waals surface area contributed by atoms with Crippen LogP contribution in [-0.4, -0.2) is 36.2 Å². The van der Waals surface area contributed by atoms with Gasteiger partial charge in [-0.05, 0) is 23.6 Å². The maximum atomic E-state index is 9.42. The highest BCUT2D eigenvalue weighted by Gasteiger charge is 2.26. The van der Waals surface area contributed by atoms with Gasteiger partial charge < -0.3 is 10.4 Å². The fraction of sp³-hybridized carbons (Fsp3) is 0.600. The highest BCUT2D eigenvalue weighted by atomic mass is 16.3. The van der Waals surface area contributed by atoms with E-state index in [2.05, 4.69) is 36.2 Å². The van der Waals surface area contributed by atoms with Crippen LogP contribution >= 0.6 is 0 Å². The summed E-state index contributed by atoms with van der Waals surface area (Å²) in [6.45, 7) is 8.93. The van der Waals surface area contributed by atoms with Crippen molar-refractivity contribution in [3.63, 3.8) is 0 Å². The van der Waals surface area contributed by atoms with Gasteiger partial charge in [-0.3, -0.25) is 4.90 Å². The molecule has 2 N–H and O–H groups in total. The Bertz CT molecular complexity index is 357. The van der Waals surface area contributed by atoms with Crippen LogP contribution in [0.1, 0.15) is 31.9 Å². The molecule has 18 heavy (non-hydrogen) atoms. The van der Waals surface area contributed by atoms with E-state index in [-0.39, 0.29) is 0 Å². The predicted molar refractivity (Wildman–Crippen MR) is 74.7 cm³/mol. The minimum Gasteiger partial charge on any atom is -0.508 e. The summed E-state index contributed by atoms with van der Waals surface area (Å²) in [4.78, 5) is 2.57. The molecule has 1 aliphatic rings. The van der Waals surface area contributed by atoms with Gasteiger partial charge in [0, 0.05) is 32.2 Å². The molecule has 1 unspecified atom stereocenters. The normalized spacial score (nSPS) is 20.6. The molecule has 2 rings (SSSR count). The Morgan fingerprint density at radius 1 is 1.22 bits per heavy atom. The van der Waals surface area contributed by atoms with E-state index in [1.54, 1.807) is 12.1 Å². The molecule has 1 fully saturated rings. The Balaban J connectivity index is 2.20.